The first-order valence-electron chi connectivity index (χ1n) is 9.13. The summed E-state index contributed by atoms with van der Waals surface area (Å²) in [6.45, 7) is 8.64. The molecule has 2 atom stereocenters. The molecule has 1 fully saturated rings. The first-order valence-corrected chi connectivity index (χ1v) is 10.7. The molecule has 6 heteroatoms. The summed E-state index contributed by atoms with van der Waals surface area (Å²) in [6.07, 6.45) is 2.28. The van der Waals surface area contributed by atoms with Crippen LogP contribution in [0.5, 0.6) is 0 Å². The Morgan fingerprint density at radius 1 is 1.32 bits per heavy atom. The molecule has 1 amide bonds. The quantitative estimate of drug-likeness (QED) is 0.842. The van der Waals surface area contributed by atoms with Gasteiger partial charge in [0.2, 0.25) is 15.9 Å². The molecule has 2 rings (SSSR count). The Bertz CT molecular complexity index is 715. The summed E-state index contributed by atoms with van der Waals surface area (Å²) in [5.41, 5.74) is 3.51. The first kappa shape index (κ1) is 19.9. The number of hydrogen-bond acceptors (Lipinski definition) is 3. The fraction of sp³-hybridized carbons (Fsp3) is 0.632. The third-order valence-corrected chi connectivity index (χ3v) is 6.89. The van der Waals surface area contributed by atoms with E-state index in [1.54, 1.807) is 6.92 Å². The van der Waals surface area contributed by atoms with Gasteiger partial charge in [-0.2, -0.15) is 0 Å². The van der Waals surface area contributed by atoms with Crippen LogP contribution in [0.3, 0.4) is 0 Å². The van der Waals surface area contributed by atoms with Crippen LogP contribution in [0, 0.1) is 19.8 Å². The van der Waals surface area contributed by atoms with E-state index in [-0.39, 0.29) is 23.6 Å². The number of carbonyl (C=O) groups excluding carboxylic acids is 1. The number of nitrogens with zero attached hydrogens (tertiary/aromatic N) is 1. The van der Waals surface area contributed by atoms with Crippen molar-refractivity contribution < 1.29 is 13.2 Å². The Morgan fingerprint density at radius 3 is 2.64 bits per heavy atom. The molecule has 1 aliphatic rings. The number of aryl methyl sites for hydroxylation is 2. The molecule has 0 spiro atoms. The van der Waals surface area contributed by atoms with E-state index in [4.69, 9.17) is 0 Å². The predicted molar refractivity (Wildman–Crippen MR) is 101 cm³/mol. The minimum absolute atomic E-state index is 0.0359. The molecular formula is C19H30N2O3S. The van der Waals surface area contributed by atoms with Crippen LogP contribution in [0.2, 0.25) is 0 Å². The molecule has 1 saturated heterocycles. The van der Waals surface area contributed by atoms with Gasteiger partial charge in [0.1, 0.15) is 0 Å². The highest BCUT2D eigenvalue weighted by Gasteiger charge is 2.32. The largest absolute Gasteiger partial charge is 0.349 e. The number of piperidine rings is 1. The lowest BCUT2D eigenvalue weighted by Gasteiger charge is -2.32. The fourth-order valence-corrected chi connectivity index (χ4v) is 4.68. The van der Waals surface area contributed by atoms with Crippen molar-refractivity contribution in [3.8, 4) is 0 Å². The zero-order valence-corrected chi connectivity index (χ0v) is 16.5. The Labute approximate surface area is 151 Å². The van der Waals surface area contributed by atoms with E-state index >= 15 is 0 Å². The van der Waals surface area contributed by atoms with E-state index in [0.29, 0.717) is 13.1 Å². The van der Waals surface area contributed by atoms with E-state index in [0.717, 1.165) is 24.8 Å². The monoisotopic (exact) mass is 366 g/mol. The van der Waals surface area contributed by atoms with Crippen LogP contribution in [0.1, 0.15) is 55.8 Å². The molecule has 0 aromatic heterocycles. The maximum absolute atomic E-state index is 12.7. The van der Waals surface area contributed by atoms with Crippen LogP contribution in [-0.2, 0) is 14.8 Å². The molecule has 1 heterocycles. The average molecular weight is 367 g/mol. The molecule has 5 nitrogen and oxygen atoms in total. The number of nitrogens with one attached hydrogen (secondary N) is 1. The van der Waals surface area contributed by atoms with Gasteiger partial charge >= 0.3 is 0 Å². The van der Waals surface area contributed by atoms with Gasteiger partial charge in [0.25, 0.3) is 0 Å². The maximum atomic E-state index is 12.7. The summed E-state index contributed by atoms with van der Waals surface area (Å²) in [5.74, 6) is -0.223. The topological polar surface area (TPSA) is 66.5 Å². The number of hydrogen-bond donors (Lipinski definition) is 1. The van der Waals surface area contributed by atoms with Crippen LogP contribution in [-0.4, -0.2) is 37.5 Å². The molecular weight excluding hydrogens is 336 g/mol. The lowest BCUT2D eigenvalue weighted by atomic mass is 9.95. The molecule has 0 bridgehead atoms. The van der Waals surface area contributed by atoms with E-state index in [9.17, 15) is 13.2 Å². The zero-order chi connectivity index (χ0) is 18.6. The number of amides is 1. The zero-order valence-electron chi connectivity index (χ0n) is 15.7. The number of benzene rings is 1. The summed E-state index contributed by atoms with van der Waals surface area (Å²) in [4.78, 5) is 12.7. The lowest BCUT2D eigenvalue weighted by Crippen LogP contribution is -2.46. The normalized spacial score (nSPS) is 20.2. The van der Waals surface area contributed by atoms with Crippen LogP contribution >= 0.6 is 0 Å². The van der Waals surface area contributed by atoms with Gasteiger partial charge in [-0.1, -0.05) is 30.7 Å². The van der Waals surface area contributed by atoms with Crippen molar-refractivity contribution in [2.24, 2.45) is 5.92 Å². The molecule has 1 aromatic carbocycles. The Hall–Kier alpha value is -1.40. The summed E-state index contributed by atoms with van der Waals surface area (Å²) in [5, 5.41) is 3.14. The van der Waals surface area contributed by atoms with E-state index in [1.807, 2.05) is 0 Å². The Kier molecular flexibility index (Phi) is 6.63. The van der Waals surface area contributed by atoms with Crippen molar-refractivity contribution in [3.05, 3.63) is 34.9 Å². The van der Waals surface area contributed by atoms with Crippen LogP contribution in [0.25, 0.3) is 0 Å². The lowest BCUT2D eigenvalue weighted by molar-refractivity contribution is -0.126. The standard InChI is InChI=1S/C19H30N2O3S/c1-5-18(17-10-9-14(3)12-15(17)4)20-19(22)16-8-7-11-21(13-16)25(23,24)6-2/h9-10,12,16,18H,5-8,11,13H2,1-4H3,(H,20,22)/t16-,18-/m1/s1. The van der Waals surface area contributed by atoms with Crippen molar-refractivity contribution >= 4 is 15.9 Å². The summed E-state index contributed by atoms with van der Waals surface area (Å²) >= 11 is 0. The van der Waals surface area contributed by atoms with Crippen LogP contribution in [0.15, 0.2) is 18.2 Å². The molecule has 1 N–H and O–H groups in total. The third-order valence-electron chi connectivity index (χ3n) is 5.04. The van der Waals surface area contributed by atoms with E-state index in [2.05, 4.69) is 44.3 Å². The second-order valence-electron chi connectivity index (χ2n) is 6.93. The van der Waals surface area contributed by atoms with Crippen LogP contribution < -0.4 is 5.32 Å². The molecule has 1 aromatic rings. The second-order valence-corrected chi connectivity index (χ2v) is 9.18. The van der Waals surface area contributed by atoms with Gasteiger partial charge in [0.05, 0.1) is 17.7 Å². The smallest absolute Gasteiger partial charge is 0.224 e. The SMILES string of the molecule is CC[C@@H](NC(=O)[C@@H]1CCCN(S(=O)(=O)CC)C1)c1ccc(C)cc1C. The number of rotatable bonds is 6. The fourth-order valence-electron chi connectivity index (χ4n) is 3.50. The Morgan fingerprint density at radius 2 is 2.04 bits per heavy atom. The highest BCUT2D eigenvalue weighted by Crippen LogP contribution is 2.24. The average Bonchev–Trinajstić information content (AvgIpc) is 2.60. The number of sulfonamides is 1. The van der Waals surface area contributed by atoms with Crippen LogP contribution in [0.4, 0.5) is 0 Å². The van der Waals surface area contributed by atoms with Crippen molar-refractivity contribution in [2.45, 2.75) is 53.0 Å². The second kappa shape index (κ2) is 8.32. The van der Waals surface area contributed by atoms with E-state index < -0.39 is 10.0 Å². The summed E-state index contributed by atoms with van der Waals surface area (Å²) < 4.78 is 25.7. The molecule has 25 heavy (non-hydrogen) atoms. The van der Waals surface area contributed by atoms with E-state index in [1.165, 1.54) is 15.4 Å². The third kappa shape index (κ3) is 4.82. The van der Waals surface area contributed by atoms with Crippen molar-refractivity contribution in [1.82, 2.24) is 9.62 Å². The summed E-state index contributed by atoms with van der Waals surface area (Å²) in [6, 6.07) is 6.23. The molecule has 0 radical (unpaired) electrons. The molecule has 140 valence electrons. The highest BCUT2D eigenvalue weighted by atomic mass is 32.2. The van der Waals surface area contributed by atoms with Crippen molar-refractivity contribution in [2.75, 3.05) is 18.8 Å². The van der Waals surface area contributed by atoms with Gasteiger partial charge in [-0.15, -0.1) is 0 Å². The van der Waals surface area contributed by atoms with Gasteiger partial charge < -0.3 is 5.32 Å². The van der Waals surface area contributed by atoms with Gasteiger partial charge in [0, 0.05) is 13.1 Å². The van der Waals surface area contributed by atoms with Gasteiger partial charge in [-0.3, -0.25) is 4.79 Å². The van der Waals surface area contributed by atoms with Gasteiger partial charge in [0.15, 0.2) is 0 Å². The number of carbonyl (C=O) groups is 1. The van der Waals surface area contributed by atoms with Gasteiger partial charge in [-0.25, -0.2) is 12.7 Å². The molecule has 0 saturated carbocycles. The first-order chi connectivity index (χ1) is 11.8. The molecule has 0 aliphatic carbocycles. The van der Waals surface area contributed by atoms with Gasteiger partial charge in [-0.05, 0) is 51.2 Å². The molecule has 0 unspecified atom stereocenters. The summed E-state index contributed by atoms with van der Waals surface area (Å²) in [7, 11) is -3.23. The highest BCUT2D eigenvalue weighted by molar-refractivity contribution is 7.89. The Balaban J connectivity index is 2.09. The minimum atomic E-state index is -3.23. The predicted octanol–water partition coefficient (Wildman–Crippen LogP) is 2.93. The maximum Gasteiger partial charge on any atom is 0.224 e. The van der Waals surface area contributed by atoms with Crippen molar-refractivity contribution in [1.29, 1.82) is 0 Å². The van der Waals surface area contributed by atoms with Crippen molar-refractivity contribution in [3.63, 3.8) is 0 Å². The molecule has 1 aliphatic heterocycles. The minimum Gasteiger partial charge on any atom is -0.349 e.